The minimum absolute atomic E-state index is 0.0517. The number of aliphatic hydroxyl groups is 1. The summed E-state index contributed by atoms with van der Waals surface area (Å²) in [5, 5.41) is 24.1. The Morgan fingerprint density at radius 2 is 2.16 bits per heavy atom. The van der Waals surface area contributed by atoms with Crippen molar-refractivity contribution >= 4 is 5.91 Å². The summed E-state index contributed by atoms with van der Waals surface area (Å²) in [5.41, 5.74) is -1.73. The van der Waals surface area contributed by atoms with E-state index in [1.807, 2.05) is 6.92 Å². The number of rotatable bonds is 4. The molecule has 1 amide bonds. The summed E-state index contributed by atoms with van der Waals surface area (Å²) in [6.45, 7) is 2.50. The maximum Gasteiger partial charge on any atom is 0.257 e. The summed E-state index contributed by atoms with van der Waals surface area (Å²) in [6, 6.07) is 2.96. The van der Waals surface area contributed by atoms with E-state index in [-0.39, 0.29) is 36.0 Å². The van der Waals surface area contributed by atoms with Crippen LogP contribution in [-0.4, -0.2) is 33.4 Å². The largest absolute Gasteiger partial charge is 0.503 e. The van der Waals surface area contributed by atoms with E-state index in [9.17, 15) is 28.6 Å². The van der Waals surface area contributed by atoms with Gasteiger partial charge in [0.05, 0.1) is 11.8 Å². The standard InChI is InChI=1S/C22H24F2N2O5/c1-2-22-6-3-7-31-16(22)11-26-10-14(18(27)19(28)17(26)20(22)29)21(30)25-9-12-4-5-13(23)8-15(12)24/h4-5,8,10,16,20,28-29H,2-3,6-7,9,11H2,1H3,(H,25,30). The number of nitrogens with zero attached hydrogens (tertiary/aromatic N) is 1. The fourth-order valence-corrected chi connectivity index (χ4v) is 4.75. The van der Waals surface area contributed by atoms with E-state index in [0.717, 1.165) is 12.5 Å². The molecule has 2 aliphatic rings. The number of halogens is 2. The van der Waals surface area contributed by atoms with Gasteiger partial charge in [-0.2, -0.15) is 0 Å². The van der Waals surface area contributed by atoms with Crippen molar-refractivity contribution in [3.63, 3.8) is 0 Å². The quantitative estimate of drug-likeness (QED) is 0.686. The Bertz CT molecular complexity index is 1090. The maximum absolute atomic E-state index is 13.8. The predicted octanol–water partition coefficient (Wildman–Crippen LogP) is 2.38. The summed E-state index contributed by atoms with van der Waals surface area (Å²) in [6.07, 6.45) is 1.93. The van der Waals surface area contributed by atoms with E-state index < -0.39 is 40.2 Å². The van der Waals surface area contributed by atoms with Crippen molar-refractivity contribution in [3.8, 4) is 5.75 Å². The van der Waals surface area contributed by atoms with Gasteiger partial charge in [-0.15, -0.1) is 0 Å². The molecule has 4 rings (SSSR count). The van der Waals surface area contributed by atoms with Crippen molar-refractivity contribution in [1.82, 2.24) is 9.88 Å². The zero-order chi connectivity index (χ0) is 22.3. The van der Waals surface area contributed by atoms with Crippen molar-refractivity contribution < 1.29 is 28.5 Å². The number of nitrogens with one attached hydrogen (secondary N) is 1. The molecule has 1 saturated heterocycles. The molecule has 1 aromatic heterocycles. The number of pyridine rings is 1. The maximum atomic E-state index is 13.8. The van der Waals surface area contributed by atoms with Crippen molar-refractivity contribution in [2.24, 2.45) is 5.41 Å². The lowest BCUT2D eigenvalue weighted by atomic mass is 9.67. The second-order valence-electron chi connectivity index (χ2n) is 8.13. The lowest BCUT2D eigenvalue weighted by Crippen LogP contribution is -2.52. The van der Waals surface area contributed by atoms with Crippen LogP contribution in [0.25, 0.3) is 0 Å². The van der Waals surface area contributed by atoms with E-state index in [4.69, 9.17) is 4.74 Å². The van der Waals surface area contributed by atoms with Gasteiger partial charge in [0.25, 0.3) is 5.91 Å². The Kier molecular flexibility index (Phi) is 5.57. The van der Waals surface area contributed by atoms with Crippen molar-refractivity contribution in [3.05, 3.63) is 63.1 Å². The minimum Gasteiger partial charge on any atom is -0.503 e. The van der Waals surface area contributed by atoms with Crippen LogP contribution in [0.1, 0.15) is 53.9 Å². The SMILES string of the molecule is CCC12CCCOC1Cn1cc(C(=O)NCc3ccc(F)cc3F)c(=O)c(O)c1C2O. The molecule has 0 spiro atoms. The van der Waals surface area contributed by atoms with E-state index in [0.29, 0.717) is 25.5 Å². The van der Waals surface area contributed by atoms with Crippen molar-refractivity contribution in [2.45, 2.75) is 51.5 Å². The van der Waals surface area contributed by atoms with Gasteiger partial charge in [-0.05, 0) is 25.3 Å². The van der Waals surface area contributed by atoms with Gasteiger partial charge in [-0.1, -0.05) is 13.0 Å². The van der Waals surface area contributed by atoms with Gasteiger partial charge in [0, 0.05) is 42.9 Å². The molecule has 3 unspecified atom stereocenters. The van der Waals surface area contributed by atoms with E-state index in [1.54, 1.807) is 0 Å². The highest BCUT2D eigenvalue weighted by molar-refractivity contribution is 5.94. The number of aromatic hydroxyl groups is 1. The molecule has 3 N–H and O–H groups in total. The molecule has 2 aliphatic heterocycles. The van der Waals surface area contributed by atoms with Crippen LogP contribution in [-0.2, 0) is 17.8 Å². The number of aromatic nitrogens is 1. The Morgan fingerprint density at radius 1 is 1.39 bits per heavy atom. The molecule has 0 aliphatic carbocycles. The molecule has 3 atom stereocenters. The van der Waals surface area contributed by atoms with Gasteiger partial charge in [0.1, 0.15) is 23.3 Å². The zero-order valence-electron chi connectivity index (χ0n) is 17.0. The normalized spacial score (nSPS) is 24.9. The van der Waals surface area contributed by atoms with Crippen molar-refractivity contribution in [1.29, 1.82) is 0 Å². The number of amides is 1. The van der Waals surface area contributed by atoms with Gasteiger partial charge in [0.15, 0.2) is 5.75 Å². The number of fused-ring (bicyclic) bond motifs is 2. The second kappa shape index (κ2) is 8.05. The van der Waals surface area contributed by atoms with Crippen molar-refractivity contribution in [2.75, 3.05) is 6.61 Å². The molecule has 3 heterocycles. The van der Waals surface area contributed by atoms with Crippen LogP contribution < -0.4 is 10.7 Å². The molecule has 9 heteroatoms. The number of ether oxygens (including phenoxy) is 1. The molecule has 31 heavy (non-hydrogen) atoms. The van der Waals surface area contributed by atoms with Gasteiger partial charge in [0.2, 0.25) is 5.43 Å². The summed E-state index contributed by atoms with van der Waals surface area (Å²) in [7, 11) is 0. The summed E-state index contributed by atoms with van der Waals surface area (Å²) in [5.74, 6) is -3.05. The topological polar surface area (TPSA) is 101 Å². The Morgan fingerprint density at radius 3 is 2.87 bits per heavy atom. The number of carbonyl (C=O) groups is 1. The Balaban J connectivity index is 1.65. The van der Waals surface area contributed by atoms with Crippen LogP contribution in [0.2, 0.25) is 0 Å². The first-order valence-corrected chi connectivity index (χ1v) is 10.3. The molecule has 0 radical (unpaired) electrons. The number of benzene rings is 1. The molecular formula is C22H24F2N2O5. The average molecular weight is 434 g/mol. The first kappa shape index (κ1) is 21.5. The first-order valence-electron chi connectivity index (χ1n) is 10.3. The highest BCUT2D eigenvalue weighted by atomic mass is 19.1. The molecule has 7 nitrogen and oxygen atoms in total. The van der Waals surface area contributed by atoms with Crippen LogP contribution in [0.3, 0.4) is 0 Å². The summed E-state index contributed by atoms with van der Waals surface area (Å²) in [4.78, 5) is 25.3. The highest BCUT2D eigenvalue weighted by Crippen LogP contribution is 2.52. The molecule has 0 saturated carbocycles. The summed E-state index contributed by atoms with van der Waals surface area (Å²) >= 11 is 0. The molecule has 0 bridgehead atoms. The average Bonchev–Trinajstić information content (AvgIpc) is 2.75. The van der Waals surface area contributed by atoms with Gasteiger partial charge in [-0.25, -0.2) is 8.78 Å². The Labute approximate surface area is 177 Å². The van der Waals surface area contributed by atoms with Gasteiger partial charge in [-0.3, -0.25) is 9.59 Å². The van der Waals surface area contributed by atoms with E-state index >= 15 is 0 Å². The predicted molar refractivity (Wildman–Crippen MR) is 107 cm³/mol. The fourth-order valence-electron chi connectivity index (χ4n) is 4.75. The molecular weight excluding hydrogens is 410 g/mol. The minimum atomic E-state index is -1.12. The third kappa shape index (κ3) is 3.51. The fraction of sp³-hybridized carbons (Fsp3) is 0.455. The van der Waals surface area contributed by atoms with Crippen LogP contribution in [0.15, 0.2) is 29.2 Å². The number of hydrogen-bond acceptors (Lipinski definition) is 5. The third-order valence-corrected chi connectivity index (χ3v) is 6.57. The van der Waals surface area contributed by atoms with Gasteiger partial charge >= 0.3 is 0 Å². The Hall–Kier alpha value is -2.78. The lowest BCUT2D eigenvalue weighted by Gasteiger charge is -2.50. The van der Waals surface area contributed by atoms with E-state index in [1.165, 1.54) is 16.8 Å². The highest BCUT2D eigenvalue weighted by Gasteiger charge is 2.51. The molecule has 166 valence electrons. The first-order chi connectivity index (χ1) is 14.8. The number of aliphatic hydroxyl groups excluding tert-OH is 1. The zero-order valence-corrected chi connectivity index (χ0v) is 17.0. The van der Waals surface area contributed by atoms with Crippen LogP contribution in [0, 0.1) is 17.0 Å². The summed E-state index contributed by atoms with van der Waals surface area (Å²) < 4.78 is 34.2. The number of hydrogen-bond donors (Lipinski definition) is 3. The van der Waals surface area contributed by atoms with E-state index in [2.05, 4.69) is 5.32 Å². The van der Waals surface area contributed by atoms with Crippen LogP contribution in [0.4, 0.5) is 8.78 Å². The van der Waals surface area contributed by atoms with Crippen LogP contribution >= 0.6 is 0 Å². The number of carbonyl (C=O) groups excluding carboxylic acids is 1. The monoisotopic (exact) mass is 434 g/mol. The smallest absolute Gasteiger partial charge is 0.257 e. The molecule has 2 aromatic rings. The third-order valence-electron chi connectivity index (χ3n) is 6.57. The van der Waals surface area contributed by atoms with Crippen LogP contribution in [0.5, 0.6) is 5.75 Å². The second-order valence-corrected chi connectivity index (χ2v) is 8.13. The molecule has 1 aromatic carbocycles. The lowest BCUT2D eigenvalue weighted by molar-refractivity contribution is -0.164. The molecule has 1 fully saturated rings. The van der Waals surface area contributed by atoms with Gasteiger partial charge < -0.3 is 24.8 Å².